The molecule has 1 aromatic rings. The van der Waals surface area contributed by atoms with Crippen LogP contribution in [0.1, 0.15) is 12.5 Å². The Labute approximate surface area is 112 Å². The van der Waals surface area contributed by atoms with Crippen LogP contribution in [0.2, 0.25) is 0 Å². The monoisotopic (exact) mass is 265 g/mol. The molecule has 2 N–H and O–H groups in total. The summed E-state index contributed by atoms with van der Waals surface area (Å²) in [5.41, 5.74) is 0.791. The van der Waals surface area contributed by atoms with Crippen LogP contribution < -0.4 is 4.74 Å². The maximum atomic E-state index is 11.1. The summed E-state index contributed by atoms with van der Waals surface area (Å²) in [4.78, 5) is 13.1. The van der Waals surface area contributed by atoms with Crippen molar-refractivity contribution in [2.75, 3.05) is 20.2 Å². The molecule has 5 heteroatoms. The Balaban J connectivity index is 2.04. The van der Waals surface area contributed by atoms with E-state index in [1.807, 2.05) is 13.0 Å². The van der Waals surface area contributed by atoms with E-state index in [1.54, 1.807) is 19.2 Å². The summed E-state index contributed by atoms with van der Waals surface area (Å²) < 4.78 is 5.03. The Bertz CT molecular complexity index is 475. The van der Waals surface area contributed by atoms with Gasteiger partial charge in [0.2, 0.25) is 0 Å². The van der Waals surface area contributed by atoms with Crippen molar-refractivity contribution in [1.82, 2.24) is 4.90 Å². The maximum absolute atomic E-state index is 11.1. The summed E-state index contributed by atoms with van der Waals surface area (Å²) in [7, 11) is 1.55. The first-order valence-corrected chi connectivity index (χ1v) is 6.32. The molecule has 0 saturated carbocycles. The van der Waals surface area contributed by atoms with Gasteiger partial charge in [-0.1, -0.05) is 13.0 Å². The van der Waals surface area contributed by atoms with E-state index in [0.717, 1.165) is 12.1 Å². The molecule has 1 aromatic carbocycles. The number of nitrogens with zero attached hydrogens (tertiary/aromatic N) is 1. The van der Waals surface area contributed by atoms with Crippen molar-refractivity contribution in [3.63, 3.8) is 0 Å². The van der Waals surface area contributed by atoms with Crippen LogP contribution in [0.5, 0.6) is 11.5 Å². The number of carboxylic acids is 1. The van der Waals surface area contributed by atoms with Crippen molar-refractivity contribution < 1.29 is 19.7 Å². The van der Waals surface area contributed by atoms with Gasteiger partial charge in [0.15, 0.2) is 0 Å². The first-order chi connectivity index (χ1) is 9.01. The predicted molar refractivity (Wildman–Crippen MR) is 70.2 cm³/mol. The zero-order valence-corrected chi connectivity index (χ0v) is 11.2. The van der Waals surface area contributed by atoms with E-state index < -0.39 is 5.97 Å². The summed E-state index contributed by atoms with van der Waals surface area (Å²) in [5, 5.41) is 19.0. The fraction of sp³-hybridized carbons (Fsp3) is 0.500. The van der Waals surface area contributed by atoms with Crippen LogP contribution in [0, 0.1) is 11.8 Å². The van der Waals surface area contributed by atoms with E-state index >= 15 is 0 Å². The van der Waals surface area contributed by atoms with Gasteiger partial charge in [-0.25, -0.2) is 0 Å². The van der Waals surface area contributed by atoms with Crippen molar-refractivity contribution in [3.8, 4) is 11.5 Å². The van der Waals surface area contributed by atoms with E-state index in [0.29, 0.717) is 18.8 Å². The van der Waals surface area contributed by atoms with Crippen molar-refractivity contribution >= 4 is 5.97 Å². The fourth-order valence-electron chi connectivity index (χ4n) is 2.56. The van der Waals surface area contributed by atoms with Crippen LogP contribution in [-0.4, -0.2) is 41.3 Å². The van der Waals surface area contributed by atoms with Crippen LogP contribution >= 0.6 is 0 Å². The van der Waals surface area contributed by atoms with E-state index in [9.17, 15) is 9.90 Å². The van der Waals surface area contributed by atoms with E-state index in [1.165, 1.54) is 0 Å². The number of hydrogen-bond acceptors (Lipinski definition) is 4. The summed E-state index contributed by atoms with van der Waals surface area (Å²) in [6.45, 7) is 3.78. The van der Waals surface area contributed by atoms with Gasteiger partial charge >= 0.3 is 5.97 Å². The third-order valence-electron chi connectivity index (χ3n) is 3.69. The minimum atomic E-state index is -0.742. The lowest BCUT2D eigenvalue weighted by Crippen LogP contribution is -2.23. The lowest BCUT2D eigenvalue weighted by atomic mass is 9.99. The number of aromatic hydroxyl groups is 1. The van der Waals surface area contributed by atoms with Crippen molar-refractivity contribution in [2.45, 2.75) is 13.5 Å². The number of carboxylic acid groups (broad SMARTS) is 1. The van der Waals surface area contributed by atoms with E-state index in [-0.39, 0.29) is 17.6 Å². The number of carbonyl (C=O) groups is 1. The summed E-state index contributed by atoms with van der Waals surface area (Å²) >= 11 is 0. The third-order valence-corrected chi connectivity index (χ3v) is 3.69. The lowest BCUT2D eigenvalue weighted by molar-refractivity contribution is -0.142. The lowest BCUT2D eigenvalue weighted by Gasteiger charge is -2.16. The van der Waals surface area contributed by atoms with Crippen molar-refractivity contribution in [2.24, 2.45) is 11.8 Å². The van der Waals surface area contributed by atoms with Crippen LogP contribution in [-0.2, 0) is 11.3 Å². The Morgan fingerprint density at radius 1 is 1.47 bits per heavy atom. The molecule has 0 bridgehead atoms. The van der Waals surface area contributed by atoms with Gasteiger partial charge in [-0.15, -0.1) is 0 Å². The Morgan fingerprint density at radius 3 is 2.74 bits per heavy atom. The second kappa shape index (κ2) is 5.48. The Morgan fingerprint density at radius 2 is 2.21 bits per heavy atom. The van der Waals surface area contributed by atoms with Gasteiger partial charge < -0.3 is 14.9 Å². The molecular formula is C14H19NO4. The zero-order valence-electron chi connectivity index (χ0n) is 11.2. The number of aliphatic carboxylic acids is 1. The standard InChI is InChI=1S/C14H19NO4/c1-9-6-15(8-12(9)14(17)18)7-10-3-4-11(19-2)5-13(10)16/h3-5,9,12,16H,6-8H2,1-2H3,(H,17,18)/t9-,12-/m1/s1. The molecule has 1 fully saturated rings. The number of ether oxygens (including phenoxy) is 1. The largest absolute Gasteiger partial charge is 0.507 e. The number of methoxy groups -OCH3 is 1. The number of hydrogen-bond donors (Lipinski definition) is 2. The molecule has 1 heterocycles. The molecule has 0 aromatic heterocycles. The molecule has 2 atom stereocenters. The van der Waals surface area contributed by atoms with E-state index in [4.69, 9.17) is 9.84 Å². The first-order valence-electron chi connectivity index (χ1n) is 6.32. The molecule has 104 valence electrons. The number of likely N-dealkylation sites (tertiary alicyclic amines) is 1. The molecule has 1 aliphatic heterocycles. The first kappa shape index (κ1) is 13.7. The molecule has 0 aliphatic carbocycles. The topological polar surface area (TPSA) is 70.0 Å². The van der Waals surface area contributed by atoms with Crippen LogP contribution in [0.25, 0.3) is 0 Å². The van der Waals surface area contributed by atoms with Gasteiger partial charge in [-0.05, 0) is 12.0 Å². The minimum Gasteiger partial charge on any atom is -0.507 e. The number of phenolic OH excluding ortho intramolecular Hbond substituents is 1. The van der Waals surface area contributed by atoms with Crippen LogP contribution in [0.4, 0.5) is 0 Å². The highest BCUT2D eigenvalue weighted by atomic mass is 16.5. The number of benzene rings is 1. The van der Waals surface area contributed by atoms with Gasteiger partial charge in [0, 0.05) is 31.3 Å². The van der Waals surface area contributed by atoms with Gasteiger partial charge in [0.25, 0.3) is 0 Å². The SMILES string of the molecule is COc1ccc(CN2C[C@@H](C)[C@H](C(=O)O)C2)c(O)c1. The van der Waals surface area contributed by atoms with Gasteiger partial charge in [0.05, 0.1) is 13.0 Å². The average molecular weight is 265 g/mol. The summed E-state index contributed by atoms with van der Waals surface area (Å²) in [6.07, 6.45) is 0. The molecule has 0 amide bonds. The molecule has 2 rings (SSSR count). The highest BCUT2D eigenvalue weighted by Crippen LogP contribution is 2.28. The molecule has 0 unspecified atom stereocenters. The predicted octanol–water partition coefficient (Wildman–Crippen LogP) is 1.55. The quantitative estimate of drug-likeness (QED) is 0.864. The maximum Gasteiger partial charge on any atom is 0.308 e. The highest BCUT2D eigenvalue weighted by molar-refractivity contribution is 5.71. The summed E-state index contributed by atoms with van der Waals surface area (Å²) in [5.74, 6) is -0.127. The molecule has 5 nitrogen and oxygen atoms in total. The molecule has 19 heavy (non-hydrogen) atoms. The third kappa shape index (κ3) is 2.98. The molecule has 1 saturated heterocycles. The van der Waals surface area contributed by atoms with E-state index in [2.05, 4.69) is 4.90 Å². The van der Waals surface area contributed by atoms with Crippen LogP contribution in [0.15, 0.2) is 18.2 Å². The highest BCUT2D eigenvalue weighted by Gasteiger charge is 2.34. The second-order valence-corrected chi connectivity index (χ2v) is 5.11. The van der Waals surface area contributed by atoms with Gasteiger partial charge in [0.1, 0.15) is 11.5 Å². The van der Waals surface area contributed by atoms with Crippen molar-refractivity contribution in [3.05, 3.63) is 23.8 Å². The van der Waals surface area contributed by atoms with Gasteiger partial charge in [-0.2, -0.15) is 0 Å². The zero-order chi connectivity index (χ0) is 14.0. The molecule has 1 aliphatic rings. The number of phenols is 1. The van der Waals surface area contributed by atoms with Crippen LogP contribution in [0.3, 0.4) is 0 Å². The molecular weight excluding hydrogens is 246 g/mol. The normalized spacial score (nSPS) is 23.5. The average Bonchev–Trinajstić information content (AvgIpc) is 2.73. The Kier molecular flexibility index (Phi) is 3.95. The summed E-state index contributed by atoms with van der Waals surface area (Å²) in [6, 6.07) is 5.18. The minimum absolute atomic E-state index is 0.137. The van der Waals surface area contributed by atoms with Gasteiger partial charge in [-0.3, -0.25) is 9.69 Å². The van der Waals surface area contributed by atoms with Crippen molar-refractivity contribution in [1.29, 1.82) is 0 Å². The Hall–Kier alpha value is -1.75. The number of rotatable bonds is 4. The fourth-order valence-corrected chi connectivity index (χ4v) is 2.56. The molecule has 0 radical (unpaired) electrons. The second-order valence-electron chi connectivity index (χ2n) is 5.11. The smallest absolute Gasteiger partial charge is 0.308 e. The molecule has 0 spiro atoms.